The number of aromatic nitrogens is 2. The van der Waals surface area contributed by atoms with Gasteiger partial charge in [-0.15, -0.1) is 0 Å². The van der Waals surface area contributed by atoms with Crippen LogP contribution in [0.4, 0.5) is 5.82 Å². The first-order chi connectivity index (χ1) is 8.00. The molecule has 0 saturated heterocycles. The van der Waals surface area contributed by atoms with Crippen LogP contribution in [0.2, 0.25) is 0 Å². The van der Waals surface area contributed by atoms with Gasteiger partial charge < -0.3 is 10.3 Å². The Kier molecular flexibility index (Phi) is 3.45. The standard InChI is InChI=1S/C14H25N3/c1-9(2)14-16-12(13(15)17(14)4)11-7-5-6-10(3)8-11/h9-11H,5-8,15H2,1-4H3. The van der Waals surface area contributed by atoms with Crippen LogP contribution in [0.1, 0.15) is 69.8 Å². The maximum atomic E-state index is 6.22. The monoisotopic (exact) mass is 235 g/mol. The summed E-state index contributed by atoms with van der Waals surface area (Å²) in [6.45, 7) is 6.69. The van der Waals surface area contributed by atoms with Gasteiger partial charge in [0, 0.05) is 18.9 Å². The van der Waals surface area contributed by atoms with E-state index in [1.807, 2.05) is 7.05 Å². The molecule has 0 bridgehead atoms. The summed E-state index contributed by atoms with van der Waals surface area (Å²) >= 11 is 0. The molecule has 2 atom stereocenters. The van der Waals surface area contributed by atoms with E-state index >= 15 is 0 Å². The number of rotatable bonds is 2. The van der Waals surface area contributed by atoms with E-state index in [1.54, 1.807) is 0 Å². The van der Waals surface area contributed by atoms with Gasteiger partial charge in [-0.25, -0.2) is 4.98 Å². The number of anilines is 1. The quantitative estimate of drug-likeness (QED) is 0.853. The highest BCUT2D eigenvalue weighted by Gasteiger charge is 2.26. The minimum Gasteiger partial charge on any atom is -0.384 e. The Hall–Kier alpha value is -0.990. The van der Waals surface area contributed by atoms with Crippen molar-refractivity contribution in [2.75, 3.05) is 5.73 Å². The Bertz CT molecular complexity index is 392. The number of imidazole rings is 1. The van der Waals surface area contributed by atoms with E-state index < -0.39 is 0 Å². The Morgan fingerprint density at radius 3 is 2.59 bits per heavy atom. The largest absolute Gasteiger partial charge is 0.384 e. The zero-order chi connectivity index (χ0) is 12.6. The van der Waals surface area contributed by atoms with Crippen LogP contribution < -0.4 is 5.73 Å². The molecule has 1 aliphatic carbocycles. The smallest absolute Gasteiger partial charge is 0.126 e. The molecule has 3 nitrogen and oxygen atoms in total. The highest BCUT2D eigenvalue weighted by molar-refractivity contribution is 5.41. The van der Waals surface area contributed by atoms with E-state index in [0.717, 1.165) is 23.3 Å². The summed E-state index contributed by atoms with van der Waals surface area (Å²) < 4.78 is 2.07. The van der Waals surface area contributed by atoms with E-state index in [9.17, 15) is 0 Å². The maximum absolute atomic E-state index is 6.22. The fourth-order valence-electron chi connectivity index (χ4n) is 3.05. The summed E-state index contributed by atoms with van der Waals surface area (Å²) in [5.74, 6) is 3.84. The minimum absolute atomic E-state index is 0.442. The first-order valence-corrected chi connectivity index (χ1v) is 6.82. The molecule has 1 fully saturated rings. The molecule has 2 unspecified atom stereocenters. The third kappa shape index (κ3) is 2.33. The number of nitrogens with zero attached hydrogens (tertiary/aromatic N) is 2. The number of hydrogen-bond acceptors (Lipinski definition) is 2. The summed E-state index contributed by atoms with van der Waals surface area (Å²) in [6.07, 6.45) is 5.18. The molecule has 1 aromatic rings. The Morgan fingerprint density at radius 1 is 1.35 bits per heavy atom. The van der Waals surface area contributed by atoms with Crippen molar-refractivity contribution in [1.29, 1.82) is 0 Å². The lowest BCUT2D eigenvalue weighted by Gasteiger charge is -2.25. The van der Waals surface area contributed by atoms with Gasteiger partial charge >= 0.3 is 0 Å². The van der Waals surface area contributed by atoms with Crippen molar-refractivity contribution < 1.29 is 0 Å². The van der Waals surface area contributed by atoms with Crippen LogP contribution in [0.5, 0.6) is 0 Å². The average molecular weight is 235 g/mol. The molecule has 1 saturated carbocycles. The van der Waals surface area contributed by atoms with Gasteiger partial charge in [0.05, 0.1) is 5.69 Å². The lowest BCUT2D eigenvalue weighted by Crippen LogP contribution is -2.13. The second kappa shape index (κ2) is 4.71. The second-order valence-corrected chi connectivity index (χ2v) is 5.92. The molecule has 96 valence electrons. The summed E-state index contributed by atoms with van der Waals surface area (Å²) in [7, 11) is 2.04. The van der Waals surface area contributed by atoms with E-state index in [2.05, 4.69) is 25.3 Å². The number of nitrogen functional groups attached to an aromatic ring is 1. The lowest BCUT2D eigenvalue weighted by atomic mass is 9.81. The third-order valence-electron chi connectivity index (χ3n) is 4.04. The fourth-order valence-corrected chi connectivity index (χ4v) is 3.05. The van der Waals surface area contributed by atoms with Crippen molar-refractivity contribution in [1.82, 2.24) is 9.55 Å². The molecule has 0 aromatic carbocycles. The molecule has 1 aromatic heterocycles. The first-order valence-electron chi connectivity index (χ1n) is 6.82. The number of hydrogen-bond donors (Lipinski definition) is 1. The molecule has 0 spiro atoms. The summed E-state index contributed by atoms with van der Waals surface area (Å²) in [6, 6.07) is 0. The van der Waals surface area contributed by atoms with E-state index in [4.69, 9.17) is 10.7 Å². The predicted molar refractivity (Wildman–Crippen MR) is 72.1 cm³/mol. The minimum atomic E-state index is 0.442. The van der Waals surface area contributed by atoms with Gasteiger partial charge in [0.25, 0.3) is 0 Å². The molecular weight excluding hydrogens is 210 g/mol. The van der Waals surface area contributed by atoms with Crippen LogP contribution in [-0.2, 0) is 7.05 Å². The lowest BCUT2D eigenvalue weighted by molar-refractivity contribution is 0.341. The van der Waals surface area contributed by atoms with Gasteiger partial charge in [0.15, 0.2) is 0 Å². The van der Waals surface area contributed by atoms with Gasteiger partial charge in [0.2, 0.25) is 0 Å². The van der Waals surface area contributed by atoms with Crippen LogP contribution >= 0.6 is 0 Å². The van der Waals surface area contributed by atoms with Crippen molar-refractivity contribution >= 4 is 5.82 Å². The molecule has 0 radical (unpaired) electrons. The van der Waals surface area contributed by atoms with Crippen molar-refractivity contribution in [2.24, 2.45) is 13.0 Å². The normalized spacial score (nSPS) is 25.5. The Balaban J connectivity index is 2.29. The van der Waals surface area contributed by atoms with Crippen molar-refractivity contribution in [3.05, 3.63) is 11.5 Å². The van der Waals surface area contributed by atoms with E-state index in [1.165, 1.54) is 25.7 Å². The van der Waals surface area contributed by atoms with Crippen molar-refractivity contribution in [3.8, 4) is 0 Å². The molecule has 0 aliphatic heterocycles. The van der Waals surface area contributed by atoms with Crippen LogP contribution in [0.25, 0.3) is 0 Å². The van der Waals surface area contributed by atoms with E-state index in [0.29, 0.717) is 11.8 Å². The van der Waals surface area contributed by atoms with Crippen LogP contribution in [0.3, 0.4) is 0 Å². The summed E-state index contributed by atoms with van der Waals surface area (Å²) in [5.41, 5.74) is 7.37. The zero-order valence-corrected chi connectivity index (χ0v) is 11.5. The molecule has 3 heteroatoms. The highest BCUT2D eigenvalue weighted by Crippen LogP contribution is 2.38. The van der Waals surface area contributed by atoms with Crippen LogP contribution in [-0.4, -0.2) is 9.55 Å². The van der Waals surface area contributed by atoms with E-state index in [-0.39, 0.29) is 0 Å². The predicted octanol–water partition coefficient (Wildman–Crippen LogP) is 3.42. The van der Waals surface area contributed by atoms with Crippen molar-refractivity contribution in [2.45, 2.75) is 58.3 Å². The van der Waals surface area contributed by atoms with Gasteiger partial charge in [0.1, 0.15) is 11.6 Å². The number of nitrogens with two attached hydrogens (primary N) is 1. The van der Waals surface area contributed by atoms with Gasteiger partial charge in [-0.2, -0.15) is 0 Å². The average Bonchev–Trinajstić information content (AvgIpc) is 2.56. The first kappa shape index (κ1) is 12.5. The van der Waals surface area contributed by atoms with Gasteiger partial charge in [-0.05, 0) is 18.8 Å². The molecule has 2 rings (SSSR count). The molecule has 1 heterocycles. The molecular formula is C14H25N3. The third-order valence-corrected chi connectivity index (χ3v) is 4.04. The van der Waals surface area contributed by atoms with Crippen molar-refractivity contribution in [3.63, 3.8) is 0 Å². The molecule has 1 aliphatic rings. The topological polar surface area (TPSA) is 43.8 Å². The van der Waals surface area contributed by atoms with Crippen LogP contribution in [0, 0.1) is 5.92 Å². The molecule has 17 heavy (non-hydrogen) atoms. The fraction of sp³-hybridized carbons (Fsp3) is 0.786. The van der Waals surface area contributed by atoms with Gasteiger partial charge in [-0.3, -0.25) is 0 Å². The zero-order valence-electron chi connectivity index (χ0n) is 11.5. The Morgan fingerprint density at radius 2 is 2.06 bits per heavy atom. The summed E-state index contributed by atoms with van der Waals surface area (Å²) in [4.78, 5) is 4.80. The maximum Gasteiger partial charge on any atom is 0.126 e. The second-order valence-electron chi connectivity index (χ2n) is 5.92. The SMILES string of the molecule is CC1CCCC(c2nc(C(C)C)n(C)c2N)C1. The van der Waals surface area contributed by atoms with Gasteiger partial charge in [-0.1, -0.05) is 33.6 Å². The molecule has 0 amide bonds. The summed E-state index contributed by atoms with van der Waals surface area (Å²) in [5, 5.41) is 0. The Labute approximate surface area is 104 Å². The molecule has 2 N–H and O–H groups in total. The van der Waals surface area contributed by atoms with Crippen LogP contribution in [0.15, 0.2) is 0 Å². The highest BCUT2D eigenvalue weighted by atomic mass is 15.1.